The second kappa shape index (κ2) is 10.4. The van der Waals surface area contributed by atoms with Crippen molar-refractivity contribution >= 4 is 17.7 Å². The van der Waals surface area contributed by atoms with E-state index in [9.17, 15) is 4.79 Å². The lowest BCUT2D eigenvalue weighted by atomic mass is 9.80. The molecule has 0 radical (unpaired) electrons. The summed E-state index contributed by atoms with van der Waals surface area (Å²) in [4.78, 5) is 26.0. The van der Waals surface area contributed by atoms with Gasteiger partial charge in [0.15, 0.2) is 5.82 Å². The van der Waals surface area contributed by atoms with Crippen LogP contribution in [-0.4, -0.2) is 62.3 Å². The molecule has 2 unspecified atom stereocenters. The lowest BCUT2D eigenvalue weighted by Gasteiger charge is -2.30. The number of fused-ring (bicyclic) bond motifs is 1. The van der Waals surface area contributed by atoms with Crippen molar-refractivity contribution in [3.8, 4) is 11.3 Å². The number of rotatable bonds is 5. The van der Waals surface area contributed by atoms with E-state index in [1.54, 1.807) is 6.33 Å². The predicted molar refractivity (Wildman–Crippen MR) is 150 cm³/mol. The average molecular weight is 517 g/mol. The Morgan fingerprint density at radius 3 is 2.63 bits per heavy atom. The molecule has 2 amide bonds. The number of anilines is 2. The molecule has 2 aliphatic heterocycles. The number of nitrogens with one attached hydrogen (secondary N) is 2. The number of nitrogens with zero attached hydrogens (tertiary/aromatic N) is 6. The van der Waals surface area contributed by atoms with E-state index in [-0.39, 0.29) is 11.4 Å². The third kappa shape index (κ3) is 5.53. The van der Waals surface area contributed by atoms with Crippen LogP contribution in [0.25, 0.3) is 11.3 Å². The highest BCUT2D eigenvalue weighted by molar-refractivity contribution is 5.74. The van der Waals surface area contributed by atoms with E-state index in [1.807, 2.05) is 11.0 Å². The Balaban J connectivity index is 1.22. The normalized spacial score (nSPS) is 19.9. The maximum Gasteiger partial charge on any atom is 0.317 e. The lowest BCUT2D eigenvalue weighted by Crippen LogP contribution is -2.39. The zero-order chi connectivity index (χ0) is 27.0. The van der Waals surface area contributed by atoms with E-state index < -0.39 is 0 Å². The topological polar surface area (TPSA) is 91.2 Å². The number of likely N-dealkylation sites (tertiary alicyclic amines) is 1. The van der Waals surface area contributed by atoms with Crippen LogP contribution in [0.2, 0.25) is 0 Å². The van der Waals surface area contributed by atoms with Gasteiger partial charge in [0.2, 0.25) is 0 Å². The molecule has 2 N–H and O–H groups in total. The van der Waals surface area contributed by atoms with Crippen LogP contribution < -0.4 is 10.6 Å². The summed E-state index contributed by atoms with van der Waals surface area (Å²) >= 11 is 0. The molecule has 1 saturated heterocycles. The first kappa shape index (κ1) is 26.2. The van der Waals surface area contributed by atoms with E-state index in [0.29, 0.717) is 24.3 Å². The first-order chi connectivity index (χ1) is 18.1. The van der Waals surface area contributed by atoms with Crippen molar-refractivity contribution < 1.29 is 4.79 Å². The van der Waals surface area contributed by atoms with Crippen LogP contribution in [0.4, 0.5) is 16.4 Å². The summed E-state index contributed by atoms with van der Waals surface area (Å²) in [6.07, 6.45) is 2.65. The molecule has 1 aromatic carbocycles. The largest absolute Gasteiger partial charge is 0.334 e. The van der Waals surface area contributed by atoms with Crippen LogP contribution in [0, 0.1) is 18.3 Å². The van der Waals surface area contributed by atoms with Gasteiger partial charge in [0, 0.05) is 49.9 Å². The van der Waals surface area contributed by atoms with Gasteiger partial charge >= 0.3 is 6.03 Å². The summed E-state index contributed by atoms with van der Waals surface area (Å²) < 4.78 is 2.07. The van der Waals surface area contributed by atoms with Crippen molar-refractivity contribution in [3.05, 3.63) is 53.5 Å². The minimum atomic E-state index is 0.0220. The Bertz CT molecular complexity index is 1310. The van der Waals surface area contributed by atoms with Crippen LogP contribution >= 0.6 is 0 Å². The first-order valence-electron chi connectivity index (χ1n) is 13.6. The summed E-state index contributed by atoms with van der Waals surface area (Å²) in [7, 11) is 2.14. The maximum absolute atomic E-state index is 12.8. The van der Waals surface area contributed by atoms with Gasteiger partial charge in [-0.1, -0.05) is 32.9 Å². The number of carbonyl (C=O) groups is 1. The molecule has 9 heteroatoms. The molecular weight excluding hydrogens is 476 g/mol. The quantitative estimate of drug-likeness (QED) is 0.497. The summed E-state index contributed by atoms with van der Waals surface area (Å²) in [5.74, 6) is 2.05. The minimum absolute atomic E-state index is 0.0220. The highest BCUT2D eigenvalue weighted by atomic mass is 16.2. The van der Waals surface area contributed by atoms with Crippen molar-refractivity contribution in [2.24, 2.45) is 11.3 Å². The molecule has 1 fully saturated rings. The minimum Gasteiger partial charge on any atom is -0.334 e. The summed E-state index contributed by atoms with van der Waals surface area (Å²) in [5, 5.41) is 11.2. The fraction of sp³-hybridized carbons (Fsp3) is 0.517. The molecule has 0 aliphatic carbocycles. The number of aryl methyl sites for hydroxylation is 1. The van der Waals surface area contributed by atoms with E-state index in [0.717, 1.165) is 60.8 Å². The van der Waals surface area contributed by atoms with Crippen LogP contribution in [0.1, 0.15) is 57.0 Å². The van der Waals surface area contributed by atoms with E-state index in [4.69, 9.17) is 5.10 Å². The molecule has 2 atom stereocenters. The molecule has 202 valence electrons. The van der Waals surface area contributed by atoms with E-state index in [2.05, 4.69) is 96.1 Å². The van der Waals surface area contributed by atoms with E-state index >= 15 is 0 Å². The second-order valence-electron chi connectivity index (χ2n) is 11.8. The van der Waals surface area contributed by atoms with Crippen molar-refractivity contribution in [2.75, 3.05) is 32.0 Å². The number of amides is 2. The zero-order valence-corrected chi connectivity index (χ0v) is 23.5. The molecule has 2 aromatic heterocycles. The molecule has 3 aromatic rings. The van der Waals surface area contributed by atoms with Crippen molar-refractivity contribution in [2.45, 2.75) is 60.2 Å². The van der Waals surface area contributed by atoms with Gasteiger partial charge in [-0.05, 0) is 55.8 Å². The lowest BCUT2D eigenvalue weighted by molar-refractivity contribution is 0.196. The number of aromatic nitrogens is 4. The maximum atomic E-state index is 12.8. The highest BCUT2D eigenvalue weighted by Gasteiger charge is 2.33. The van der Waals surface area contributed by atoms with Gasteiger partial charge in [-0.3, -0.25) is 9.58 Å². The standard InChI is InChI=1S/C29H40N8O/c1-19-13-21(7-8-22(19)16-30-28(38)36-10-9-23(17-36)29(3,4)5)24-14-26(32-18-31-24)33-27-15-25-20(2)35(6)11-12-37(25)34-27/h7-8,13-15,18,20,23H,9-12,16-17H2,1-6H3,(H,30,38)(H,31,32,33,34). The van der Waals surface area contributed by atoms with Crippen LogP contribution in [0.3, 0.4) is 0 Å². The number of hydrogen-bond donors (Lipinski definition) is 2. The van der Waals surface area contributed by atoms with Gasteiger partial charge < -0.3 is 15.5 Å². The fourth-order valence-electron chi connectivity index (χ4n) is 5.38. The fourth-order valence-corrected chi connectivity index (χ4v) is 5.38. The van der Waals surface area contributed by atoms with E-state index in [1.165, 1.54) is 5.69 Å². The second-order valence-corrected chi connectivity index (χ2v) is 11.8. The predicted octanol–water partition coefficient (Wildman–Crippen LogP) is 4.98. The van der Waals surface area contributed by atoms with Gasteiger partial charge in [-0.25, -0.2) is 14.8 Å². The van der Waals surface area contributed by atoms with Crippen LogP contribution in [-0.2, 0) is 13.1 Å². The number of hydrogen-bond acceptors (Lipinski definition) is 6. The summed E-state index contributed by atoms with van der Waals surface area (Å²) in [6, 6.07) is 10.6. The zero-order valence-electron chi connectivity index (χ0n) is 23.5. The molecule has 2 aliphatic rings. The molecular formula is C29H40N8O. The number of likely N-dealkylation sites (N-methyl/N-ethyl adjacent to an activating group) is 1. The number of benzene rings is 1. The summed E-state index contributed by atoms with van der Waals surface area (Å²) in [6.45, 7) is 15.1. The van der Waals surface area contributed by atoms with Gasteiger partial charge in [0.25, 0.3) is 0 Å². The Morgan fingerprint density at radius 1 is 1.08 bits per heavy atom. The Morgan fingerprint density at radius 2 is 1.89 bits per heavy atom. The van der Waals surface area contributed by atoms with Crippen LogP contribution in [0.5, 0.6) is 0 Å². The molecule has 0 spiro atoms. The Hall–Kier alpha value is -3.46. The number of carbonyl (C=O) groups excluding carboxylic acids is 1. The highest BCUT2D eigenvalue weighted by Crippen LogP contribution is 2.33. The summed E-state index contributed by atoms with van der Waals surface area (Å²) in [5.41, 5.74) is 5.49. The van der Waals surface area contributed by atoms with Gasteiger partial charge in [-0.2, -0.15) is 5.10 Å². The van der Waals surface area contributed by atoms with Crippen molar-refractivity contribution in [3.63, 3.8) is 0 Å². The Kier molecular flexibility index (Phi) is 7.13. The van der Waals surface area contributed by atoms with Gasteiger partial charge in [0.05, 0.1) is 17.9 Å². The van der Waals surface area contributed by atoms with Gasteiger partial charge in [0.1, 0.15) is 12.1 Å². The third-order valence-electron chi connectivity index (χ3n) is 8.26. The molecule has 9 nitrogen and oxygen atoms in total. The molecule has 0 saturated carbocycles. The molecule has 38 heavy (non-hydrogen) atoms. The monoisotopic (exact) mass is 516 g/mol. The van der Waals surface area contributed by atoms with Crippen LogP contribution in [0.15, 0.2) is 36.7 Å². The van der Waals surface area contributed by atoms with Crippen molar-refractivity contribution in [1.29, 1.82) is 0 Å². The molecule has 4 heterocycles. The number of urea groups is 1. The first-order valence-corrected chi connectivity index (χ1v) is 13.6. The smallest absolute Gasteiger partial charge is 0.317 e. The Labute approximate surface area is 225 Å². The average Bonchev–Trinajstić information content (AvgIpc) is 3.54. The molecule has 5 rings (SSSR count). The van der Waals surface area contributed by atoms with Crippen molar-refractivity contribution in [1.82, 2.24) is 34.9 Å². The third-order valence-corrected chi connectivity index (χ3v) is 8.26. The van der Waals surface area contributed by atoms with Gasteiger partial charge in [-0.15, -0.1) is 0 Å². The molecule has 0 bridgehead atoms. The SMILES string of the molecule is Cc1cc(-c2cc(Nc3cc4n(n3)CCN(C)C4C)ncn2)ccc1CNC(=O)N1CCC(C(C)(C)C)C1.